The van der Waals surface area contributed by atoms with E-state index in [1.165, 1.54) is 12.4 Å². The van der Waals surface area contributed by atoms with Crippen LogP contribution in [-0.4, -0.2) is 34.0 Å². The number of hydrogen-bond acceptors (Lipinski definition) is 7. The van der Waals surface area contributed by atoms with Crippen LogP contribution in [0.25, 0.3) is 16.8 Å². The van der Waals surface area contributed by atoms with Gasteiger partial charge in [-0.2, -0.15) is 0 Å². The molecule has 2 aromatic rings. The Labute approximate surface area is 162 Å². The molecular formula is C20H24N6O2. The molecule has 1 aromatic heterocycles. The van der Waals surface area contributed by atoms with Gasteiger partial charge in [-0.25, -0.2) is 4.98 Å². The molecule has 0 spiro atoms. The molecule has 2 heterocycles. The molecule has 3 rings (SSSR count). The smallest absolute Gasteiger partial charge is 0.293 e. The summed E-state index contributed by atoms with van der Waals surface area (Å²) in [7, 11) is 0. The summed E-state index contributed by atoms with van der Waals surface area (Å²) in [6, 6.07) is 5.02. The largest absolute Gasteiger partial charge is 0.507 e. The summed E-state index contributed by atoms with van der Waals surface area (Å²) in [6.07, 6.45) is 7.85. The Morgan fingerprint density at radius 1 is 1.46 bits per heavy atom. The van der Waals surface area contributed by atoms with Gasteiger partial charge in [-0.05, 0) is 42.7 Å². The number of allylic oxidation sites excluding steroid dienone is 1. The Bertz CT molecular complexity index is 987. The van der Waals surface area contributed by atoms with Crippen LogP contribution in [0.1, 0.15) is 24.4 Å². The summed E-state index contributed by atoms with van der Waals surface area (Å²) in [4.78, 5) is 20.7. The molecule has 0 aliphatic carbocycles. The third kappa shape index (κ3) is 4.12. The van der Waals surface area contributed by atoms with Gasteiger partial charge in [-0.3, -0.25) is 9.79 Å². The van der Waals surface area contributed by atoms with Crippen LogP contribution in [-0.2, 0) is 0 Å². The second-order valence-corrected chi connectivity index (χ2v) is 6.60. The Hall–Kier alpha value is -3.39. The fraction of sp³-hybridized carbons (Fsp3) is 0.250. The average molecular weight is 380 g/mol. The highest BCUT2D eigenvalue weighted by molar-refractivity contribution is 6.09. The van der Waals surface area contributed by atoms with Gasteiger partial charge < -0.3 is 26.5 Å². The number of nitrogens with one attached hydrogen (secondary N) is 1. The van der Waals surface area contributed by atoms with Crippen LogP contribution in [0.2, 0.25) is 0 Å². The standard InChI is InChI=1S/C20H24N6O2/c1-13(10-24-8-6-21)14-4-5-18(27)16(9-14)17-12-26(20(28)19(22)25-17)15-3-2-7-23-11-15/h4-6,8-10,12,15,23,27H,1-3,7,11,21H2,(H2,22,25)/b8-6-,24-10?. The summed E-state index contributed by atoms with van der Waals surface area (Å²) in [5.41, 5.74) is 13.1. The van der Waals surface area contributed by atoms with E-state index in [1.807, 2.05) is 0 Å². The number of hydrogen-bond donors (Lipinski definition) is 4. The molecule has 6 N–H and O–H groups in total. The first-order chi connectivity index (χ1) is 13.5. The number of nitrogens with zero attached hydrogens (tertiary/aromatic N) is 3. The van der Waals surface area contributed by atoms with Crippen molar-refractivity contribution >= 4 is 17.6 Å². The topological polar surface area (TPSA) is 132 Å². The summed E-state index contributed by atoms with van der Waals surface area (Å²) in [5, 5.41) is 13.7. The third-order valence-electron chi connectivity index (χ3n) is 4.67. The minimum absolute atomic E-state index is 0.000717. The van der Waals surface area contributed by atoms with Crippen molar-refractivity contribution < 1.29 is 5.11 Å². The van der Waals surface area contributed by atoms with E-state index in [9.17, 15) is 9.90 Å². The summed E-state index contributed by atoms with van der Waals surface area (Å²) >= 11 is 0. The number of aromatic hydroxyl groups is 1. The van der Waals surface area contributed by atoms with Gasteiger partial charge in [-0.15, -0.1) is 0 Å². The van der Waals surface area contributed by atoms with Crippen LogP contribution in [0.4, 0.5) is 5.82 Å². The quantitative estimate of drug-likeness (QED) is 0.583. The molecule has 1 aliphatic rings. The maximum absolute atomic E-state index is 12.5. The van der Waals surface area contributed by atoms with E-state index in [4.69, 9.17) is 11.5 Å². The van der Waals surface area contributed by atoms with Crippen molar-refractivity contribution in [2.45, 2.75) is 18.9 Å². The van der Waals surface area contributed by atoms with Crippen molar-refractivity contribution in [2.75, 3.05) is 18.8 Å². The van der Waals surface area contributed by atoms with E-state index in [0.29, 0.717) is 23.4 Å². The number of rotatable bonds is 5. The molecule has 1 atom stereocenters. The first kappa shape index (κ1) is 19.4. The lowest BCUT2D eigenvalue weighted by Gasteiger charge is -2.25. The minimum atomic E-state index is -0.321. The van der Waals surface area contributed by atoms with Gasteiger partial charge in [-0.1, -0.05) is 12.6 Å². The van der Waals surface area contributed by atoms with Gasteiger partial charge in [0.15, 0.2) is 5.82 Å². The van der Waals surface area contributed by atoms with Crippen molar-refractivity contribution in [1.82, 2.24) is 14.9 Å². The molecule has 0 radical (unpaired) electrons. The van der Waals surface area contributed by atoms with Crippen molar-refractivity contribution in [3.63, 3.8) is 0 Å². The number of nitrogen functional groups attached to an aromatic ring is 1. The van der Waals surface area contributed by atoms with Crippen LogP contribution in [0, 0.1) is 0 Å². The lowest BCUT2D eigenvalue weighted by Crippen LogP contribution is -2.37. The monoisotopic (exact) mass is 380 g/mol. The Kier molecular flexibility index (Phi) is 5.90. The van der Waals surface area contributed by atoms with Gasteiger partial charge in [0.1, 0.15) is 5.75 Å². The van der Waals surface area contributed by atoms with E-state index in [0.717, 1.165) is 24.9 Å². The zero-order chi connectivity index (χ0) is 20.1. The summed E-state index contributed by atoms with van der Waals surface area (Å²) in [6.45, 7) is 5.60. The average Bonchev–Trinajstić information content (AvgIpc) is 2.71. The lowest BCUT2D eigenvalue weighted by molar-refractivity contribution is 0.364. The van der Waals surface area contributed by atoms with E-state index in [2.05, 4.69) is 21.9 Å². The first-order valence-corrected chi connectivity index (χ1v) is 9.03. The van der Waals surface area contributed by atoms with E-state index in [-0.39, 0.29) is 23.2 Å². The number of piperidine rings is 1. The molecule has 146 valence electrons. The second-order valence-electron chi connectivity index (χ2n) is 6.60. The lowest BCUT2D eigenvalue weighted by atomic mass is 10.0. The fourth-order valence-corrected chi connectivity index (χ4v) is 3.20. The number of anilines is 1. The van der Waals surface area contributed by atoms with Crippen LogP contribution >= 0.6 is 0 Å². The molecule has 0 saturated carbocycles. The molecule has 28 heavy (non-hydrogen) atoms. The second kappa shape index (κ2) is 8.53. The van der Waals surface area contributed by atoms with E-state index >= 15 is 0 Å². The van der Waals surface area contributed by atoms with Crippen LogP contribution in [0.3, 0.4) is 0 Å². The normalized spacial score (nSPS) is 17.4. The zero-order valence-electron chi connectivity index (χ0n) is 15.5. The predicted octanol–water partition coefficient (Wildman–Crippen LogP) is 1.64. The van der Waals surface area contributed by atoms with E-state index in [1.54, 1.807) is 35.2 Å². The van der Waals surface area contributed by atoms with Crippen LogP contribution in [0.5, 0.6) is 5.75 Å². The predicted molar refractivity (Wildman–Crippen MR) is 112 cm³/mol. The van der Waals surface area contributed by atoms with Crippen molar-refractivity contribution in [1.29, 1.82) is 0 Å². The highest BCUT2D eigenvalue weighted by Crippen LogP contribution is 2.31. The number of benzene rings is 1. The molecule has 1 unspecified atom stereocenters. The van der Waals surface area contributed by atoms with Gasteiger partial charge >= 0.3 is 0 Å². The summed E-state index contributed by atoms with van der Waals surface area (Å²) in [5.74, 6) is -0.0597. The van der Waals surface area contributed by atoms with Gasteiger partial charge in [0.2, 0.25) is 0 Å². The van der Waals surface area contributed by atoms with Crippen LogP contribution < -0.4 is 22.3 Å². The molecule has 1 saturated heterocycles. The molecule has 0 bridgehead atoms. The van der Waals surface area contributed by atoms with Gasteiger partial charge in [0.25, 0.3) is 5.56 Å². The molecular weight excluding hydrogens is 356 g/mol. The van der Waals surface area contributed by atoms with Gasteiger partial charge in [0.05, 0.1) is 5.69 Å². The Morgan fingerprint density at radius 3 is 3.00 bits per heavy atom. The molecule has 8 nitrogen and oxygen atoms in total. The highest BCUT2D eigenvalue weighted by atomic mass is 16.3. The molecule has 1 aromatic carbocycles. The van der Waals surface area contributed by atoms with Gasteiger partial charge in [0, 0.05) is 43.0 Å². The fourth-order valence-electron chi connectivity index (χ4n) is 3.20. The third-order valence-corrected chi connectivity index (χ3v) is 4.67. The molecule has 1 fully saturated rings. The first-order valence-electron chi connectivity index (χ1n) is 9.03. The summed E-state index contributed by atoms with van der Waals surface area (Å²) < 4.78 is 1.61. The van der Waals surface area contributed by atoms with Crippen molar-refractivity contribution in [3.05, 3.63) is 59.3 Å². The van der Waals surface area contributed by atoms with Crippen molar-refractivity contribution in [3.8, 4) is 17.0 Å². The maximum atomic E-state index is 12.5. The number of phenolic OH excluding ortho intramolecular Hbond substituents is 1. The Balaban J connectivity index is 2.03. The maximum Gasteiger partial charge on any atom is 0.293 e. The van der Waals surface area contributed by atoms with E-state index < -0.39 is 0 Å². The molecule has 0 amide bonds. The Morgan fingerprint density at radius 2 is 2.29 bits per heavy atom. The zero-order valence-corrected chi connectivity index (χ0v) is 15.5. The number of phenols is 1. The molecule has 8 heteroatoms. The SMILES string of the molecule is C=C(C=N/C=C\N)c1ccc(O)c(-c2cn(C3CCCNC3)c(=O)c(N)n2)c1. The number of nitrogens with two attached hydrogens (primary N) is 2. The van der Waals surface area contributed by atoms with Crippen LogP contribution in [0.15, 0.2) is 53.2 Å². The number of aromatic nitrogens is 2. The highest BCUT2D eigenvalue weighted by Gasteiger charge is 2.19. The molecule has 1 aliphatic heterocycles. The minimum Gasteiger partial charge on any atom is -0.507 e. The van der Waals surface area contributed by atoms with Crippen molar-refractivity contribution in [2.24, 2.45) is 10.7 Å². The number of aliphatic imine (C=N–C) groups is 1.